The lowest BCUT2D eigenvalue weighted by atomic mass is 10.2. The van der Waals surface area contributed by atoms with Crippen LogP contribution in [-0.4, -0.2) is 55.1 Å². The van der Waals surface area contributed by atoms with Crippen LogP contribution in [0.4, 0.5) is 11.5 Å². The second-order valence-corrected chi connectivity index (χ2v) is 8.27. The van der Waals surface area contributed by atoms with Crippen LogP contribution in [-0.2, 0) is 9.53 Å². The second-order valence-electron chi connectivity index (χ2n) is 7.33. The summed E-state index contributed by atoms with van der Waals surface area (Å²) in [6.45, 7) is 1.32. The molecule has 32 heavy (non-hydrogen) atoms. The summed E-state index contributed by atoms with van der Waals surface area (Å²) < 4.78 is 16.3. The third kappa shape index (κ3) is 5.60. The molecule has 1 amide bonds. The first-order chi connectivity index (χ1) is 15.6. The van der Waals surface area contributed by atoms with Gasteiger partial charge in [0.25, 0.3) is 0 Å². The fraction of sp³-hybridized carbons (Fsp3) is 0.348. The molecule has 2 heterocycles. The van der Waals surface area contributed by atoms with Crippen molar-refractivity contribution in [2.75, 3.05) is 38.4 Å². The summed E-state index contributed by atoms with van der Waals surface area (Å²) in [6, 6.07) is 13.3. The summed E-state index contributed by atoms with van der Waals surface area (Å²) in [5, 5.41) is 7.67. The van der Waals surface area contributed by atoms with Crippen LogP contribution in [0.15, 0.2) is 47.6 Å². The molecule has 0 spiro atoms. The summed E-state index contributed by atoms with van der Waals surface area (Å²) in [5.41, 5.74) is 1.57. The summed E-state index contributed by atoms with van der Waals surface area (Å²) in [7, 11) is 3.22. The molecule has 1 aromatic heterocycles. The number of fused-ring (bicyclic) bond motifs is 1. The molecule has 2 N–H and O–H groups in total. The van der Waals surface area contributed by atoms with Gasteiger partial charge in [-0.25, -0.2) is 9.97 Å². The van der Waals surface area contributed by atoms with E-state index < -0.39 is 0 Å². The van der Waals surface area contributed by atoms with Gasteiger partial charge in [0, 0.05) is 42.4 Å². The van der Waals surface area contributed by atoms with Gasteiger partial charge >= 0.3 is 0 Å². The highest BCUT2D eigenvalue weighted by molar-refractivity contribution is 7.99. The number of hydrogen-bond acceptors (Lipinski definition) is 8. The number of thioether (sulfide) groups is 1. The largest absolute Gasteiger partial charge is 0.497 e. The molecule has 0 unspecified atom stereocenters. The minimum absolute atomic E-state index is 0.0608. The van der Waals surface area contributed by atoms with Crippen LogP contribution in [0.1, 0.15) is 12.8 Å². The molecule has 1 atom stereocenters. The monoisotopic (exact) mass is 454 g/mol. The standard InChI is InChI=1S/C23H26N4O4S/c1-29-17-10-15(11-18(12-17)30-2)25-22-19-7-3-4-8-20(19)26-23(27-22)32-14-21(28)24-13-16-6-5-9-31-16/h3-4,7-8,10-12,16H,5-6,9,13-14H2,1-2H3,(H,24,28)(H,25,26,27)/t16-/m0/s1. The van der Waals surface area contributed by atoms with E-state index in [0.29, 0.717) is 29.0 Å². The number of methoxy groups -OCH3 is 2. The Morgan fingerprint density at radius 3 is 2.66 bits per heavy atom. The molecule has 1 aliphatic rings. The summed E-state index contributed by atoms with van der Waals surface area (Å²) in [6.07, 6.45) is 2.16. The average molecular weight is 455 g/mol. The Kier molecular flexibility index (Phi) is 7.28. The van der Waals surface area contributed by atoms with Crippen molar-refractivity contribution < 1.29 is 19.0 Å². The highest BCUT2D eigenvalue weighted by atomic mass is 32.2. The molecule has 0 bridgehead atoms. The van der Waals surface area contributed by atoms with Crippen LogP contribution < -0.4 is 20.1 Å². The Balaban J connectivity index is 1.50. The molecule has 8 nitrogen and oxygen atoms in total. The summed E-state index contributed by atoms with van der Waals surface area (Å²) >= 11 is 1.30. The average Bonchev–Trinajstić information content (AvgIpc) is 3.35. The third-order valence-corrected chi connectivity index (χ3v) is 5.93. The first kappa shape index (κ1) is 22.2. The van der Waals surface area contributed by atoms with E-state index in [2.05, 4.69) is 20.6 Å². The van der Waals surface area contributed by atoms with Crippen LogP contribution in [0.2, 0.25) is 0 Å². The van der Waals surface area contributed by atoms with Crippen LogP contribution in [0, 0.1) is 0 Å². The van der Waals surface area contributed by atoms with Gasteiger partial charge in [-0.2, -0.15) is 0 Å². The van der Waals surface area contributed by atoms with Gasteiger partial charge in [-0.1, -0.05) is 23.9 Å². The number of carbonyl (C=O) groups is 1. The lowest BCUT2D eigenvalue weighted by Crippen LogP contribution is -2.32. The van der Waals surface area contributed by atoms with Crippen molar-refractivity contribution in [1.29, 1.82) is 0 Å². The molecule has 0 radical (unpaired) electrons. The van der Waals surface area contributed by atoms with Gasteiger partial charge in [-0.3, -0.25) is 4.79 Å². The number of carbonyl (C=O) groups excluding carboxylic acids is 1. The second kappa shape index (κ2) is 10.5. The Bertz CT molecular complexity index is 1070. The SMILES string of the molecule is COc1cc(Nc2nc(SCC(=O)NC[C@@H]3CCCO3)nc3ccccc23)cc(OC)c1. The van der Waals surface area contributed by atoms with Gasteiger partial charge in [-0.05, 0) is 25.0 Å². The van der Waals surface area contributed by atoms with E-state index >= 15 is 0 Å². The molecular weight excluding hydrogens is 428 g/mol. The normalized spacial score (nSPS) is 15.5. The number of amides is 1. The van der Waals surface area contributed by atoms with Crippen molar-refractivity contribution in [3.05, 3.63) is 42.5 Å². The van der Waals surface area contributed by atoms with E-state index in [1.54, 1.807) is 20.3 Å². The minimum Gasteiger partial charge on any atom is -0.497 e. The maximum atomic E-state index is 12.3. The van der Waals surface area contributed by atoms with Gasteiger partial charge in [-0.15, -0.1) is 0 Å². The number of nitrogens with one attached hydrogen (secondary N) is 2. The zero-order valence-electron chi connectivity index (χ0n) is 18.1. The number of para-hydroxylation sites is 1. The molecule has 9 heteroatoms. The van der Waals surface area contributed by atoms with Crippen molar-refractivity contribution in [1.82, 2.24) is 15.3 Å². The van der Waals surface area contributed by atoms with Crippen molar-refractivity contribution in [3.8, 4) is 11.5 Å². The van der Waals surface area contributed by atoms with E-state index in [1.165, 1.54) is 11.8 Å². The summed E-state index contributed by atoms with van der Waals surface area (Å²) in [5.74, 6) is 2.16. The van der Waals surface area contributed by atoms with Crippen molar-refractivity contribution in [3.63, 3.8) is 0 Å². The molecule has 1 saturated heterocycles. The minimum atomic E-state index is -0.0608. The van der Waals surface area contributed by atoms with E-state index in [1.807, 2.05) is 36.4 Å². The Morgan fingerprint density at radius 2 is 1.94 bits per heavy atom. The fourth-order valence-corrected chi connectivity index (χ4v) is 4.13. The van der Waals surface area contributed by atoms with E-state index in [9.17, 15) is 4.79 Å². The number of benzene rings is 2. The summed E-state index contributed by atoms with van der Waals surface area (Å²) in [4.78, 5) is 21.6. The maximum absolute atomic E-state index is 12.3. The molecular formula is C23H26N4O4S. The lowest BCUT2D eigenvalue weighted by molar-refractivity contribution is -0.119. The number of aromatic nitrogens is 2. The number of rotatable bonds is 9. The molecule has 0 aliphatic carbocycles. The van der Waals surface area contributed by atoms with Crippen molar-refractivity contribution in [2.24, 2.45) is 0 Å². The lowest BCUT2D eigenvalue weighted by Gasteiger charge is -2.13. The zero-order chi connectivity index (χ0) is 22.3. The first-order valence-electron chi connectivity index (χ1n) is 10.4. The highest BCUT2D eigenvalue weighted by Crippen LogP contribution is 2.31. The zero-order valence-corrected chi connectivity index (χ0v) is 18.9. The van der Waals surface area contributed by atoms with Crippen molar-refractivity contribution >= 4 is 40.1 Å². The van der Waals surface area contributed by atoms with Crippen LogP contribution in [0.5, 0.6) is 11.5 Å². The maximum Gasteiger partial charge on any atom is 0.230 e. The molecule has 0 saturated carbocycles. The van der Waals surface area contributed by atoms with Gasteiger partial charge < -0.3 is 24.8 Å². The smallest absolute Gasteiger partial charge is 0.230 e. The number of nitrogens with zero attached hydrogens (tertiary/aromatic N) is 2. The molecule has 2 aromatic carbocycles. The van der Waals surface area contributed by atoms with Gasteiger partial charge in [0.05, 0.1) is 31.6 Å². The van der Waals surface area contributed by atoms with Gasteiger partial charge in [0.15, 0.2) is 5.16 Å². The van der Waals surface area contributed by atoms with Crippen molar-refractivity contribution in [2.45, 2.75) is 24.1 Å². The predicted octanol–water partition coefficient (Wildman–Crippen LogP) is 3.78. The van der Waals surface area contributed by atoms with Crippen LogP contribution in [0.25, 0.3) is 10.9 Å². The highest BCUT2D eigenvalue weighted by Gasteiger charge is 2.17. The van der Waals surface area contributed by atoms with Gasteiger partial charge in [0.2, 0.25) is 5.91 Å². The van der Waals surface area contributed by atoms with E-state index in [-0.39, 0.29) is 17.8 Å². The fourth-order valence-electron chi connectivity index (χ4n) is 3.45. The Morgan fingerprint density at radius 1 is 1.16 bits per heavy atom. The molecule has 4 rings (SSSR count). The van der Waals surface area contributed by atoms with Crippen LogP contribution in [0.3, 0.4) is 0 Å². The van der Waals surface area contributed by atoms with E-state index in [0.717, 1.165) is 36.0 Å². The van der Waals surface area contributed by atoms with E-state index in [4.69, 9.17) is 14.2 Å². The number of ether oxygens (including phenoxy) is 3. The predicted molar refractivity (Wildman–Crippen MR) is 125 cm³/mol. The first-order valence-corrected chi connectivity index (χ1v) is 11.4. The third-order valence-electron chi connectivity index (χ3n) is 5.08. The van der Waals surface area contributed by atoms with Gasteiger partial charge in [0.1, 0.15) is 17.3 Å². The topological polar surface area (TPSA) is 94.6 Å². The molecule has 1 aliphatic heterocycles. The number of anilines is 2. The molecule has 168 valence electrons. The molecule has 1 fully saturated rings. The Hall–Kier alpha value is -3.04. The quantitative estimate of drug-likeness (QED) is 0.373. The Labute approximate surface area is 191 Å². The number of hydrogen-bond donors (Lipinski definition) is 2. The van der Waals surface area contributed by atoms with Crippen LogP contribution >= 0.6 is 11.8 Å². The molecule has 3 aromatic rings.